The second-order valence-electron chi connectivity index (χ2n) is 3.63. The highest BCUT2D eigenvalue weighted by molar-refractivity contribution is 6.58. The van der Waals surface area contributed by atoms with E-state index in [-0.39, 0.29) is 5.00 Å². The van der Waals surface area contributed by atoms with Gasteiger partial charge < -0.3 is 0 Å². The van der Waals surface area contributed by atoms with E-state index in [0.29, 0.717) is 5.92 Å². The summed E-state index contributed by atoms with van der Waals surface area (Å²) in [4.78, 5) is 0. The van der Waals surface area contributed by atoms with Gasteiger partial charge >= 0.3 is 0 Å². The van der Waals surface area contributed by atoms with Crippen molar-refractivity contribution in [2.75, 3.05) is 0 Å². The molecule has 0 nitrogen and oxygen atoms in total. The van der Waals surface area contributed by atoms with E-state index < -0.39 is 4.33 Å². The Morgan fingerprint density at radius 1 is 1.17 bits per heavy atom. The molecule has 12 heavy (non-hydrogen) atoms. The molecular formula is C8H15Cl3Si. The number of rotatable bonds is 2. The molecule has 1 atom stereocenters. The van der Waals surface area contributed by atoms with Gasteiger partial charge in [-0.15, -0.1) is 34.8 Å². The summed E-state index contributed by atoms with van der Waals surface area (Å²) in [5.41, 5.74) is 0. The van der Waals surface area contributed by atoms with E-state index in [1.165, 1.54) is 19.3 Å². The summed E-state index contributed by atoms with van der Waals surface area (Å²) < 4.78 is -0.659. The van der Waals surface area contributed by atoms with Crippen molar-refractivity contribution < 1.29 is 0 Å². The molecule has 1 saturated carbocycles. The van der Waals surface area contributed by atoms with Crippen molar-refractivity contribution in [3.05, 3.63) is 0 Å². The van der Waals surface area contributed by atoms with Gasteiger partial charge in [0.2, 0.25) is 0 Å². The average Bonchev–Trinajstić information content (AvgIpc) is 2.06. The molecule has 1 unspecified atom stereocenters. The summed E-state index contributed by atoms with van der Waals surface area (Å²) in [7, 11) is 0.862. The van der Waals surface area contributed by atoms with Crippen molar-refractivity contribution in [2.45, 2.75) is 41.4 Å². The zero-order valence-corrected chi connectivity index (χ0v) is 11.6. The molecular weight excluding hydrogens is 231 g/mol. The molecule has 1 fully saturated rings. The van der Waals surface area contributed by atoms with Crippen LogP contribution in [0.5, 0.6) is 0 Å². The number of halogens is 3. The highest BCUT2D eigenvalue weighted by Crippen LogP contribution is 2.43. The van der Waals surface area contributed by atoms with E-state index in [1.807, 2.05) is 0 Å². The third kappa shape index (κ3) is 2.54. The predicted molar refractivity (Wildman–Crippen MR) is 60.6 cm³/mol. The van der Waals surface area contributed by atoms with E-state index >= 15 is 0 Å². The minimum absolute atomic E-state index is 0.0241. The molecule has 1 aliphatic rings. The molecule has 0 amide bonds. The molecule has 0 aromatic rings. The van der Waals surface area contributed by atoms with Gasteiger partial charge in [0.15, 0.2) is 0 Å². The van der Waals surface area contributed by atoms with E-state index in [4.69, 9.17) is 34.8 Å². The summed E-state index contributed by atoms with van der Waals surface area (Å²) in [6.07, 6.45) is 6.15. The maximum atomic E-state index is 6.22. The van der Waals surface area contributed by atoms with E-state index in [9.17, 15) is 0 Å². The van der Waals surface area contributed by atoms with Crippen LogP contribution in [0.15, 0.2) is 0 Å². The first-order valence-electron chi connectivity index (χ1n) is 4.57. The summed E-state index contributed by atoms with van der Waals surface area (Å²) in [6, 6.07) is 0. The topological polar surface area (TPSA) is 0 Å². The van der Waals surface area contributed by atoms with Crippen molar-refractivity contribution >= 4 is 45.0 Å². The van der Waals surface area contributed by atoms with Gasteiger partial charge in [-0.3, -0.25) is 0 Å². The van der Waals surface area contributed by atoms with Gasteiger partial charge in [0.05, 0.1) is 0 Å². The Bertz CT molecular complexity index is 141. The lowest BCUT2D eigenvalue weighted by molar-refractivity contribution is 0.332. The molecule has 0 bridgehead atoms. The van der Waals surface area contributed by atoms with Crippen molar-refractivity contribution in [3.63, 3.8) is 0 Å². The van der Waals surface area contributed by atoms with E-state index in [2.05, 4.69) is 0 Å². The quantitative estimate of drug-likeness (QED) is 0.518. The molecule has 0 N–H and O–H groups in total. The van der Waals surface area contributed by atoms with Crippen LogP contribution in [-0.4, -0.2) is 19.6 Å². The van der Waals surface area contributed by atoms with Crippen LogP contribution >= 0.6 is 34.8 Å². The van der Waals surface area contributed by atoms with Crippen LogP contribution in [0, 0.1) is 5.92 Å². The van der Waals surface area contributed by atoms with Gasteiger partial charge in [0.25, 0.3) is 0 Å². The minimum atomic E-state index is -0.659. The van der Waals surface area contributed by atoms with Crippen molar-refractivity contribution in [1.29, 1.82) is 0 Å². The number of hydrogen-bond donors (Lipinski definition) is 0. The zero-order valence-electron chi connectivity index (χ0n) is 7.32. The highest BCUT2D eigenvalue weighted by atomic mass is 35.5. The average molecular weight is 246 g/mol. The molecule has 0 aliphatic heterocycles. The largest absolute Gasteiger partial charge is 0.133 e. The molecule has 0 heterocycles. The normalized spacial score (nSPS) is 24.2. The first-order valence-corrected chi connectivity index (χ1v) is 6.91. The van der Waals surface area contributed by atoms with E-state index in [0.717, 1.165) is 23.1 Å². The SMILES string of the molecule is [SiH3]C(Cl)C(Cl)(Cl)C1CCCCC1. The fourth-order valence-corrected chi connectivity index (χ4v) is 2.90. The molecule has 0 radical (unpaired) electrons. The number of hydrogen-bond acceptors (Lipinski definition) is 0. The predicted octanol–water partition coefficient (Wildman–Crippen LogP) is 2.67. The monoisotopic (exact) mass is 244 g/mol. The van der Waals surface area contributed by atoms with Crippen LogP contribution in [0.2, 0.25) is 0 Å². The van der Waals surface area contributed by atoms with Gasteiger partial charge in [-0.2, -0.15) is 0 Å². The second-order valence-corrected chi connectivity index (χ2v) is 7.61. The first kappa shape index (κ1) is 11.2. The highest BCUT2D eigenvalue weighted by Gasteiger charge is 2.39. The van der Waals surface area contributed by atoms with Crippen molar-refractivity contribution in [1.82, 2.24) is 0 Å². The third-order valence-corrected chi connectivity index (χ3v) is 6.16. The van der Waals surface area contributed by atoms with Crippen LogP contribution in [0.4, 0.5) is 0 Å². The second kappa shape index (κ2) is 4.54. The maximum Gasteiger partial charge on any atom is 0.133 e. The molecule has 0 saturated heterocycles. The van der Waals surface area contributed by atoms with Gasteiger partial charge in [0.1, 0.15) is 4.33 Å². The Morgan fingerprint density at radius 2 is 1.67 bits per heavy atom. The molecule has 0 aromatic heterocycles. The summed E-state index contributed by atoms with van der Waals surface area (Å²) in [5.74, 6) is 0.426. The summed E-state index contributed by atoms with van der Waals surface area (Å²) in [5, 5.41) is -0.0241. The zero-order chi connectivity index (χ0) is 9.19. The minimum Gasteiger partial charge on any atom is -0.124 e. The molecule has 1 rings (SSSR count). The van der Waals surface area contributed by atoms with Crippen LogP contribution in [0.3, 0.4) is 0 Å². The maximum absolute atomic E-state index is 6.22. The first-order chi connectivity index (χ1) is 5.55. The van der Waals surface area contributed by atoms with Gasteiger partial charge in [0, 0.05) is 15.2 Å². The Hall–Kier alpha value is 1.09. The Morgan fingerprint density at radius 3 is 2.08 bits per heavy atom. The number of alkyl halides is 3. The van der Waals surface area contributed by atoms with E-state index in [1.54, 1.807) is 0 Å². The van der Waals surface area contributed by atoms with Crippen LogP contribution in [0.25, 0.3) is 0 Å². The Labute approximate surface area is 92.4 Å². The van der Waals surface area contributed by atoms with Crippen molar-refractivity contribution in [3.8, 4) is 0 Å². The van der Waals surface area contributed by atoms with Gasteiger partial charge in [-0.1, -0.05) is 19.3 Å². The fourth-order valence-electron chi connectivity index (χ4n) is 1.81. The molecule has 1 aliphatic carbocycles. The molecule has 72 valence electrons. The molecule has 4 heteroatoms. The van der Waals surface area contributed by atoms with Gasteiger partial charge in [-0.05, 0) is 18.8 Å². The van der Waals surface area contributed by atoms with Crippen LogP contribution < -0.4 is 0 Å². The van der Waals surface area contributed by atoms with Crippen LogP contribution in [0.1, 0.15) is 32.1 Å². The summed E-state index contributed by atoms with van der Waals surface area (Å²) in [6.45, 7) is 0. The summed E-state index contributed by atoms with van der Waals surface area (Å²) >= 11 is 18.4. The smallest absolute Gasteiger partial charge is 0.124 e. The van der Waals surface area contributed by atoms with Crippen molar-refractivity contribution in [2.24, 2.45) is 5.92 Å². The lowest BCUT2D eigenvalue weighted by Crippen LogP contribution is -2.36. The molecule has 0 spiro atoms. The Balaban J connectivity index is 2.53. The lowest BCUT2D eigenvalue weighted by Gasteiger charge is -2.34. The Kier molecular flexibility index (Phi) is 4.22. The van der Waals surface area contributed by atoms with Gasteiger partial charge in [-0.25, -0.2) is 0 Å². The molecule has 0 aromatic carbocycles. The fraction of sp³-hybridized carbons (Fsp3) is 1.00. The third-order valence-electron chi connectivity index (χ3n) is 2.68. The lowest BCUT2D eigenvalue weighted by atomic mass is 9.87. The standard InChI is InChI=1S/C8H15Cl3Si/c9-7(12)8(10,11)6-4-2-1-3-5-6/h6-7H,1-5H2,12H3. The van der Waals surface area contributed by atoms with Crippen LogP contribution in [-0.2, 0) is 0 Å².